The predicted molar refractivity (Wildman–Crippen MR) is 94.1 cm³/mol. The third kappa shape index (κ3) is 6.55. The molecule has 0 aromatic heterocycles. The minimum absolute atomic E-state index is 0.0982. The first kappa shape index (κ1) is 18.3. The Kier molecular flexibility index (Phi) is 6.83. The van der Waals surface area contributed by atoms with E-state index in [1.807, 2.05) is 37.3 Å². The van der Waals surface area contributed by atoms with Crippen LogP contribution in [0.4, 0.5) is 5.69 Å². The molecule has 0 bridgehead atoms. The van der Waals surface area contributed by atoms with Crippen molar-refractivity contribution in [2.24, 2.45) is 0 Å². The van der Waals surface area contributed by atoms with Crippen molar-refractivity contribution in [2.75, 3.05) is 18.5 Å². The fourth-order valence-corrected chi connectivity index (χ4v) is 2.16. The second-order valence-corrected chi connectivity index (χ2v) is 5.47. The van der Waals surface area contributed by atoms with Crippen molar-refractivity contribution >= 4 is 17.6 Å². The minimum atomic E-state index is -1.03. The lowest BCUT2D eigenvalue weighted by atomic mass is 10.2. The maximum absolute atomic E-state index is 12.0. The largest absolute Gasteiger partial charge is 0.494 e. The molecule has 1 amide bonds. The first-order valence-corrected chi connectivity index (χ1v) is 7.97. The molecule has 132 valence electrons. The molecule has 0 radical (unpaired) electrons. The Hall–Kier alpha value is -3.02. The Balaban J connectivity index is 1.75. The van der Waals surface area contributed by atoms with Crippen molar-refractivity contribution in [3.8, 4) is 11.5 Å². The number of anilines is 1. The van der Waals surface area contributed by atoms with Gasteiger partial charge in [-0.25, -0.2) is 4.79 Å². The Morgan fingerprint density at radius 3 is 2.48 bits per heavy atom. The summed E-state index contributed by atoms with van der Waals surface area (Å²) in [6.07, 6.45) is 0.961. The van der Waals surface area contributed by atoms with Gasteiger partial charge >= 0.3 is 5.97 Å². The number of rotatable bonds is 9. The summed E-state index contributed by atoms with van der Waals surface area (Å²) >= 11 is 0. The van der Waals surface area contributed by atoms with Crippen LogP contribution in [0.1, 0.15) is 18.4 Å². The topological polar surface area (TPSA) is 84.9 Å². The molecule has 0 unspecified atom stereocenters. The number of carboxylic acids is 1. The fraction of sp³-hybridized carbons (Fsp3) is 0.263. The van der Waals surface area contributed by atoms with Crippen LogP contribution in [0.15, 0.2) is 48.5 Å². The van der Waals surface area contributed by atoms with E-state index in [4.69, 9.17) is 14.6 Å². The molecule has 2 N–H and O–H groups in total. The van der Waals surface area contributed by atoms with Crippen molar-refractivity contribution in [1.29, 1.82) is 0 Å². The average molecular weight is 343 g/mol. The molecule has 2 aromatic rings. The lowest BCUT2D eigenvalue weighted by Gasteiger charge is -2.11. The molecule has 6 heteroatoms. The van der Waals surface area contributed by atoms with Gasteiger partial charge in [-0.3, -0.25) is 4.79 Å². The highest BCUT2D eigenvalue weighted by Gasteiger charge is 2.07. The summed E-state index contributed by atoms with van der Waals surface area (Å²) in [4.78, 5) is 22.5. The van der Waals surface area contributed by atoms with Gasteiger partial charge in [-0.15, -0.1) is 0 Å². The number of carboxylic acid groups (broad SMARTS) is 1. The number of carbonyl (C=O) groups is 2. The second kappa shape index (κ2) is 9.32. The van der Waals surface area contributed by atoms with Gasteiger partial charge in [-0.1, -0.05) is 18.2 Å². The number of amides is 1. The number of aryl methyl sites for hydroxylation is 1. The van der Waals surface area contributed by atoms with Crippen LogP contribution in [0.2, 0.25) is 0 Å². The number of nitrogens with one attached hydrogen (secondary N) is 1. The summed E-state index contributed by atoms with van der Waals surface area (Å²) in [5.74, 6) is 0.108. The zero-order valence-corrected chi connectivity index (χ0v) is 14.0. The highest BCUT2D eigenvalue weighted by molar-refractivity contribution is 5.91. The predicted octanol–water partition coefficient (Wildman–Crippen LogP) is 3.26. The van der Waals surface area contributed by atoms with Crippen molar-refractivity contribution in [3.63, 3.8) is 0 Å². The number of hydrogen-bond donors (Lipinski definition) is 2. The van der Waals surface area contributed by atoms with Gasteiger partial charge in [0.25, 0.3) is 0 Å². The van der Waals surface area contributed by atoms with E-state index in [0.717, 1.165) is 11.3 Å². The lowest BCUT2D eigenvalue weighted by Crippen LogP contribution is -2.14. The molecule has 2 aromatic carbocycles. The molecule has 0 aliphatic heterocycles. The summed E-state index contributed by atoms with van der Waals surface area (Å²) in [5.41, 5.74) is 1.48. The van der Waals surface area contributed by atoms with E-state index in [2.05, 4.69) is 5.32 Å². The SMILES string of the molecule is Cc1cc(OCC(=O)O)ccc1NC(=O)CCCOc1ccccc1. The Labute approximate surface area is 146 Å². The standard InChI is InChI=1S/C19H21NO5/c1-14-12-16(25-13-19(22)23)9-10-17(14)20-18(21)8-5-11-24-15-6-3-2-4-7-15/h2-4,6-7,9-10,12H,5,8,11,13H2,1H3,(H,20,21)(H,22,23). The van der Waals surface area contributed by atoms with Crippen LogP contribution in [-0.4, -0.2) is 30.2 Å². The van der Waals surface area contributed by atoms with Crippen LogP contribution < -0.4 is 14.8 Å². The van der Waals surface area contributed by atoms with Gasteiger partial charge in [-0.05, 0) is 49.2 Å². The molecular weight excluding hydrogens is 322 g/mol. The fourth-order valence-electron chi connectivity index (χ4n) is 2.16. The molecule has 0 saturated carbocycles. The first-order chi connectivity index (χ1) is 12.0. The molecule has 0 atom stereocenters. The highest BCUT2D eigenvalue weighted by atomic mass is 16.5. The number of carbonyl (C=O) groups excluding carboxylic acids is 1. The minimum Gasteiger partial charge on any atom is -0.494 e. The van der Waals surface area contributed by atoms with Crippen molar-refractivity contribution in [1.82, 2.24) is 0 Å². The van der Waals surface area contributed by atoms with Crippen molar-refractivity contribution in [3.05, 3.63) is 54.1 Å². The van der Waals surface area contributed by atoms with Crippen LogP contribution >= 0.6 is 0 Å². The molecule has 25 heavy (non-hydrogen) atoms. The highest BCUT2D eigenvalue weighted by Crippen LogP contribution is 2.21. The number of ether oxygens (including phenoxy) is 2. The molecule has 0 saturated heterocycles. The smallest absolute Gasteiger partial charge is 0.341 e. The van der Waals surface area contributed by atoms with Crippen LogP contribution in [0, 0.1) is 6.92 Å². The summed E-state index contributed by atoms with van der Waals surface area (Å²) < 4.78 is 10.6. The Morgan fingerprint density at radius 1 is 1.04 bits per heavy atom. The van der Waals surface area contributed by atoms with Gasteiger partial charge in [0.05, 0.1) is 6.61 Å². The number of hydrogen-bond acceptors (Lipinski definition) is 4. The van der Waals surface area contributed by atoms with Gasteiger partial charge in [0.1, 0.15) is 11.5 Å². The third-order valence-electron chi connectivity index (χ3n) is 3.39. The molecule has 0 aliphatic rings. The van der Waals surface area contributed by atoms with E-state index in [1.165, 1.54) is 0 Å². The van der Waals surface area contributed by atoms with Gasteiger partial charge in [0, 0.05) is 12.1 Å². The van der Waals surface area contributed by atoms with E-state index in [1.54, 1.807) is 18.2 Å². The molecule has 2 rings (SSSR count). The normalized spacial score (nSPS) is 10.1. The number of benzene rings is 2. The maximum atomic E-state index is 12.0. The van der Waals surface area contributed by atoms with E-state index in [-0.39, 0.29) is 5.91 Å². The van der Waals surface area contributed by atoms with Crippen LogP contribution in [0.25, 0.3) is 0 Å². The zero-order valence-electron chi connectivity index (χ0n) is 14.0. The van der Waals surface area contributed by atoms with Crippen LogP contribution in [-0.2, 0) is 9.59 Å². The Bertz CT molecular complexity index is 715. The number of aliphatic carboxylic acids is 1. The molecule has 0 spiro atoms. The summed E-state index contributed by atoms with van der Waals surface area (Å²) in [7, 11) is 0. The molecule has 0 aliphatic carbocycles. The molecule has 0 fully saturated rings. The Morgan fingerprint density at radius 2 is 1.80 bits per heavy atom. The van der Waals surface area contributed by atoms with Gasteiger partial charge in [0.15, 0.2) is 6.61 Å². The van der Waals surface area contributed by atoms with Crippen molar-refractivity contribution in [2.45, 2.75) is 19.8 Å². The van der Waals surface area contributed by atoms with Crippen LogP contribution in [0.5, 0.6) is 11.5 Å². The van der Waals surface area contributed by atoms with E-state index < -0.39 is 12.6 Å². The summed E-state index contributed by atoms with van der Waals surface area (Å²) in [6.45, 7) is 1.90. The first-order valence-electron chi connectivity index (χ1n) is 7.97. The quantitative estimate of drug-likeness (QED) is 0.683. The molecule has 6 nitrogen and oxygen atoms in total. The van der Waals surface area contributed by atoms with Gasteiger partial charge < -0.3 is 19.9 Å². The number of para-hydroxylation sites is 1. The maximum Gasteiger partial charge on any atom is 0.341 e. The van der Waals surface area contributed by atoms with E-state index in [9.17, 15) is 9.59 Å². The average Bonchev–Trinajstić information content (AvgIpc) is 2.60. The van der Waals surface area contributed by atoms with Gasteiger partial charge in [0.2, 0.25) is 5.91 Å². The zero-order chi connectivity index (χ0) is 18.1. The summed E-state index contributed by atoms with van der Waals surface area (Å²) in [6, 6.07) is 14.5. The molecular formula is C19H21NO5. The van der Waals surface area contributed by atoms with Gasteiger partial charge in [-0.2, -0.15) is 0 Å². The molecule has 0 heterocycles. The summed E-state index contributed by atoms with van der Waals surface area (Å²) in [5, 5.41) is 11.4. The monoisotopic (exact) mass is 343 g/mol. The van der Waals surface area contributed by atoms with E-state index in [0.29, 0.717) is 30.9 Å². The lowest BCUT2D eigenvalue weighted by molar-refractivity contribution is -0.139. The van der Waals surface area contributed by atoms with Crippen LogP contribution in [0.3, 0.4) is 0 Å². The second-order valence-electron chi connectivity index (χ2n) is 5.47. The van der Waals surface area contributed by atoms with E-state index >= 15 is 0 Å². The van der Waals surface area contributed by atoms with Crippen molar-refractivity contribution < 1.29 is 24.2 Å². The third-order valence-corrected chi connectivity index (χ3v) is 3.39.